The lowest BCUT2D eigenvalue weighted by atomic mass is 9.56. The third-order valence-electron chi connectivity index (χ3n) is 14.9. The predicted octanol–water partition coefficient (Wildman–Crippen LogP) is 5.33. The van der Waals surface area contributed by atoms with Crippen LogP contribution in [-0.2, 0) is 62.5 Å². The molecule has 0 saturated carbocycles. The molecule has 0 aliphatic carbocycles. The number of esters is 1. The summed E-state index contributed by atoms with van der Waals surface area (Å²) in [4.78, 5) is 132. The van der Waals surface area contributed by atoms with Gasteiger partial charge in [-0.2, -0.15) is 0 Å². The van der Waals surface area contributed by atoms with Crippen molar-refractivity contribution in [1.29, 1.82) is 0 Å². The first-order valence-corrected chi connectivity index (χ1v) is 27.7. The van der Waals surface area contributed by atoms with Gasteiger partial charge in [0.1, 0.15) is 26.7 Å². The van der Waals surface area contributed by atoms with E-state index < -0.39 is 148 Å². The molecular weight excluding hydrogens is 1020 g/mol. The van der Waals surface area contributed by atoms with Crippen molar-refractivity contribution < 1.29 is 66.3 Å². The third kappa shape index (κ3) is 14.9. The molecule has 3 aromatic rings. The minimum atomic E-state index is -3.53. The van der Waals surface area contributed by atoms with E-state index in [0.29, 0.717) is 15.8 Å². The first-order chi connectivity index (χ1) is 37.9. The van der Waals surface area contributed by atoms with Crippen LogP contribution in [-0.4, -0.2) is 157 Å². The van der Waals surface area contributed by atoms with E-state index in [1.807, 2.05) is 44.2 Å². The van der Waals surface area contributed by atoms with Gasteiger partial charge in [-0.1, -0.05) is 146 Å². The van der Waals surface area contributed by atoms with Gasteiger partial charge in [-0.25, -0.2) is 4.79 Å². The number of amides is 1. The lowest BCUT2D eigenvalue weighted by molar-refractivity contribution is -0.185. The van der Waals surface area contributed by atoms with Crippen molar-refractivity contribution in [2.75, 3.05) is 28.2 Å². The number of nitrogens with zero attached hydrogens (tertiary/aromatic N) is 2. The second-order valence-electron chi connectivity index (χ2n) is 24.1. The Morgan fingerprint density at radius 2 is 1.02 bits per heavy atom. The highest BCUT2D eigenvalue weighted by atomic mass is 16.6. The first-order valence-electron chi connectivity index (χ1n) is 28.6. The molecule has 17 nitrogen and oxygen atoms in total. The fourth-order valence-corrected chi connectivity index (χ4v) is 11.4. The summed E-state index contributed by atoms with van der Waals surface area (Å²) in [6.45, 7) is 19.0. The van der Waals surface area contributed by atoms with Crippen LogP contribution in [0.15, 0.2) is 91.0 Å². The molecule has 0 aliphatic rings. The molecule has 0 fully saturated rings. The molecular formula is C63H92N4O13. The number of likely N-dealkylation sites (N-methyl/N-ethyl adjacent to an activating group) is 4. The summed E-state index contributed by atoms with van der Waals surface area (Å²) in [5.74, 6) is -19.9. The van der Waals surface area contributed by atoms with Crippen molar-refractivity contribution >= 4 is 46.6 Å². The zero-order chi connectivity index (χ0) is 62.8. The number of nitrogens with one attached hydrogen (secondary N) is 2. The number of aliphatic hydroxyl groups is 4. The summed E-state index contributed by atoms with van der Waals surface area (Å²) in [7, 11) is 4.54. The fraction of sp³-hybridized carbons (Fsp3) is 0.587. The van der Waals surface area contributed by atoms with Gasteiger partial charge in [0.2, 0.25) is 11.4 Å². The molecule has 4 unspecified atom stereocenters. The summed E-state index contributed by atoms with van der Waals surface area (Å²) < 4.78 is 25.0. The van der Waals surface area contributed by atoms with Crippen molar-refractivity contribution in [1.82, 2.24) is 20.4 Å². The predicted molar refractivity (Wildman–Crippen MR) is 307 cm³/mol. The average molecular weight is 1120 g/mol. The number of aliphatic hydroxyl groups excluding tert-OH is 3. The Bertz CT molecular complexity index is 2680. The van der Waals surface area contributed by atoms with Crippen LogP contribution in [0.2, 0.25) is 2.82 Å². The van der Waals surface area contributed by atoms with Gasteiger partial charge in [0.25, 0.3) is 5.91 Å². The summed E-state index contributed by atoms with van der Waals surface area (Å²) in [5.41, 5.74) is -13.7. The standard InChI is InChI=1S/C63H92N4O13/c1-38(2)33-47(66(16)37-46-31-25-20-26-32-46)51(71)49(40(5)6)62(64-14,52(72)42(9)68)56(76)60(35-39(3)4,67(17)55(75)48(70)34-44-27-21-18-22-28-44)54(74)50(41(7)8)63(65-15,53(73)43(10)69)57(77)61(79,58(78)80-59(11,12)13)36-45-29-23-19-24-30-45/h18-32,38-43,47-50,64-65,68-70,79H,33-37H2,1-17H3/t42-,43-,47+,48?,49?,50?,60+,61?,62-,63-/m1/s1/i/hD2. The van der Waals surface area contributed by atoms with Crippen LogP contribution >= 0.6 is 0 Å². The number of ether oxygens (including phenoxy) is 1. The smallest absolute Gasteiger partial charge is 0.346 e. The number of rotatable bonds is 32. The molecule has 0 heterocycles. The molecule has 3 rings (SSSR count). The van der Waals surface area contributed by atoms with Crippen LogP contribution in [0.3, 0.4) is 0 Å². The van der Waals surface area contributed by atoms with Crippen LogP contribution in [0.4, 0.5) is 0 Å². The maximum Gasteiger partial charge on any atom is 0.346 e. The Labute approximate surface area is 477 Å². The van der Waals surface area contributed by atoms with Crippen molar-refractivity contribution in [3.63, 3.8) is 0 Å². The molecule has 0 aromatic heterocycles. The monoisotopic (exact) mass is 1110 g/mol. The zero-order valence-corrected chi connectivity index (χ0v) is 50.2. The number of hydrogen-bond donors (Lipinski definition) is 6. The average Bonchev–Trinajstić information content (AvgIpc) is 1.33. The Kier molecular flexibility index (Phi) is 23.1. The molecule has 0 aliphatic heterocycles. The number of ketones is 6. The van der Waals surface area contributed by atoms with Gasteiger partial charge < -0.3 is 40.7 Å². The van der Waals surface area contributed by atoms with Gasteiger partial charge >= 0.3 is 5.97 Å². The van der Waals surface area contributed by atoms with Crippen LogP contribution in [0.1, 0.15) is 120 Å². The van der Waals surface area contributed by atoms with Gasteiger partial charge in [0.05, 0.1) is 17.9 Å². The molecule has 1 amide bonds. The number of carbonyl (C=O) groups excluding carboxylic acids is 8. The van der Waals surface area contributed by atoms with Gasteiger partial charge in [-0.05, 0) is 109 Å². The Morgan fingerprint density at radius 1 is 0.600 bits per heavy atom. The van der Waals surface area contributed by atoms with Crippen molar-refractivity contribution in [3.05, 3.63) is 108 Å². The molecule has 3 aromatic carbocycles. The zero-order valence-electron chi connectivity index (χ0n) is 52.2. The Morgan fingerprint density at radius 3 is 1.41 bits per heavy atom. The number of benzene rings is 3. The van der Waals surface area contributed by atoms with Crippen LogP contribution in [0.5, 0.6) is 0 Å². The van der Waals surface area contributed by atoms with Gasteiger partial charge in [0, 0.05) is 26.4 Å². The lowest BCUT2D eigenvalue weighted by Gasteiger charge is -2.52. The minimum absolute atomic E-state index is 0.138. The van der Waals surface area contributed by atoms with E-state index in [1.165, 1.54) is 72.7 Å². The quantitative estimate of drug-likeness (QED) is 0.0341. The summed E-state index contributed by atoms with van der Waals surface area (Å²) in [5, 5.41) is 49.1. The van der Waals surface area contributed by atoms with Gasteiger partial charge in [0.15, 0.2) is 45.5 Å². The van der Waals surface area contributed by atoms with E-state index in [0.717, 1.165) is 40.6 Å². The SMILES string of the molecule is [2H]N(C)[C@](C(=O)[C@@H](C)O)(C(=O)C(O)(Cc1ccccc1)C(=O)OC(C)(C)C)C(C(=O)[C@@](CC(C)C)(C(=O)[C@](C(=O)[C@@H](C)O)(C(C(=O)[C@H](CC(C)C)N(C)Cc1ccccc1)C(C)C)N([2H])C)N(C)C(=O)C(O)Cc1ccccc1)C(C)C. The number of Topliss-reactive ketones (excluding diaryl/α,β-unsaturated/α-hetero) is 6. The van der Waals surface area contributed by atoms with Gasteiger partial charge in [-0.3, -0.25) is 38.5 Å². The van der Waals surface area contributed by atoms with E-state index >= 15 is 33.6 Å². The lowest BCUT2D eigenvalue weighted by Crippen LogP contribution is -2.80. The van der Waals surface area contributed by atoms with E-state index in [4.69, 9.17) is 4.74 Å². The molecule has 10 atom stereocenters. The second kappa shape index (κ2) is 28.4. The van der Waals surface area contributed by atoms with E-state index in [-0.39, 0.29) is 29.8 Å². The van der Waals surface area contributed by atoms with Crippen molar-refractivity contribution in [3.8, 4) is 0 Å². The largest absolute Gasteiger partial charge is 0.457 e. The summed E-state index contributed by atoms with van der Waals surface area (Å²) in [6.07, 6.45) is -8.57. The first kappa shape index (κ1) is 65.2. The molecule has 0 spiro atoms. The van der Waals surface area contributed by atoms with Crippen LogP contribution in [0.25, 0.3) is 0 Å². The molecule has 80 heavy (non-hydrogen) atoms. The van der Waals surface area contributed by atoms with Crippen molar-refractivity contribution in [2.24, 2.45) is 35.5 Å². The normalized spacial score (nSPS) is 17.9. The van der Waals surface area contributed by atoms with Crippen LogP contribution < -0.4 is 10.6 Å². The second-order valence-corrected chi connectivity index (χ2v) is 24.1. The Balaban J connectivity index is 2.85. The van der Waals surface area contributed by atoms with Crippen LogP contribution in [0, 0.1) is 35.5 Å². The summed E-state index contributed by atoms with van der Waals surface area (Å²) >= 11 is 0. The fourth-order valence-electron chi connectivity index (χ4n) is 11.4. The minimum Gasteiger partial charge on any atom is -0.457 e. The number of carbonyl (C=O) groups is 8. The maximum absolute atomic E-state index is 17.6. The highest BCUT2D eigenvalue weighted by Crippen LogP contribution is 2.45. The van der Waals surface area contributed by atoms with E-state index in [1.54, 1.807) is 62.2 Å². The topological polar surface area (TPSA) is 257 Å². The molecule has 442 valence electrons. The van der Waals surface area contributed by atoms with E-state index in [9.17, 15) is 28.0 Å². The van der Waals surface area contributed by atoms with Gasteiger partial charge in [-0.15, -0.1) is 0 Å². The Hall–Kier alpha value is -5.66. The highest BCUT2D eigenvalue weighted by Gasteiger charge is 2.71. The molecule has 6 N–H and O–H groups in total. The van der Waals surface area contributed by atoms with Crippen molar-refractivity contribution in [2.45, 2.75) is 174 Å². The molecule has 0 bridgehead atoms. The summed E-state index contributed by atoms with van der Waals surface area (Å²) in [6, 6.07) is 23.9. The molecule has 17 heteroatoms. The molecule has 0 saturated heterocycles. The highest BCUT2D eigenvalue weighted by molar-refractivity contribution is 6.31. The number of hydrogen-bond acceptors (Lipinski definition) is 16. The van der Waals surface area contributed by atoms with E-state index in [2.05, 4.69) is 0 Å². The maximum atomic E-state index is 17.6. The molecule has 0 radical (unpaired) electrons. The third-order valence-corrected chi connectivity index (χ3v) is 14.9.